The van der Waals surface area contributed by atoms with Gasteiger partial charge in [0, 0.05) is 18.1 Å². The summed E-state index contributed by atoms with van der Waals surface area (Å²) in [5.74, 6) is -0.0399. The molecule has 0 bridgehead atoms. The molecule has 1 amide bonds. The van der Waals surface area contributed by atoms with Gasteiger partial charge in [0.15, 0.2) is 0 Å². The van der Waals surface area contributed by atoms with Crippen molar-refractivity contribution in [2.45, 2.75) is 18.9 Å². The van der Waals surface area contributed by atoms with E-state index < -0.39 is 6.10 Å². The van der Waals surface area contributed by atoms with E-state index in [1.807, 2.05) is 24.3 Å². The number of halogens is 1. The van der Waals surface area contributed by atoms with Gasteiger partial charge in [0.1, 0.15) is 0 Å². The summed E-state index contributed by atoms with van der Waals surface area (Å²) < 4.78 is 5.80. The van der Waals surface area contributed by atoms with Crippen molar-refractivity contribution >= 4 is 21.8 Å². The first-order valence-corrected chi connectivity index (χ1v) is 6.59. The quantitative estimate of drug-likeness (QED) is 0.802. The highest BCUT2D eigenvalue weighted by atomic mass is 79.9. The van der Waals surface area contributed by atoms with Crippen LogP contribution in [0.4, 0.5) is 0 Å². The zero-order valence-corrected chi connectivity index (χ0v) is 11.9. The lowest BCUT2D eigenvalue weighted by atomic mass is 10.1. The molecule has 1 atom stereocenters. The zero-order chi connectivity index (χ0) is 13.4. The standard InChI is InChI=1S/C13H18BrNO3/c1-18-9-12(16)6-7-15-13(17)8-10-2-4-11(14)5-3-10/h2-5,12,16H,6-9H2,1H3,(H,15,17). The first-order chi connectivity index (χ1) is 8.61. The molecule has 0 aromatic heterocycles. The van der Waals surface area contributed by atoms with Gasteiger partial charge in [-0.15, -0.1) is 0 Å². The average Bonchev–Trinajstić information content (AvgIpc) is 2.32. The highest BCUT2D eigenvalue weighted by Crippen LogP contribution is 2.10. The minimum atomic E-state index is -0.525. The Balaban J connectivity index is 2.23. The highest BCUT2D eigenvalue weighted by Gasteiger charge is 2.06. The number of benzene rings is 1. The summed E-state index contributed by atoms with van der Waals surface area (Å²) in [5, 5.41) is 12.2. The molecule has 0 heterocycles. The predicted octanol–water partition coefficient (Wildman–Crippen LogP) is 1.51. The molecule has 0 aliphatic carbocycles. The van der Waals surface area contributed by atoms with Crippen molar-refractivity contribution in [3.8, 4) is 0 Å². The van der Waals surface area contributed by atoms with Crippen LogP contribution in [0.15, 0.2) is 28.7 Å². The third kappa shape index (κ3) is 6.14. The monoisotopic (exact) mass is 315 g/mol. The van der Waals surface area contributed by atoms with Crippen molar-refractivity contribution in [2.75, 3.05) is 20.3 Å². The van der Waals surface area contributed by atoms with Gasteiger partial charge in [-0.2, -0.15) is 0 Å². The molecule has 0 aliphatic heterocycles. The van der Waals surface area contributed by atoms with Crippen LogP contribution in [-0.2, 0) is 16.0 Å². The average molecular weight is 316 g/mol. The Morgan fingerprint density at radius 1 is 1.44 bits per heavy atom. The maximum atomic E-state index is 11.6. The molecule has 5 heteroatoms. The highest BCUT2D eigenvalue weighted by molar-refractivity contribution is 9.10. The Kier molecular flexibility index (Phi) is 6.93. The number of methoxy groups -OCH3 is 1. The summed E-state index contributed by atoms with van der Waals surface area (Å²) in [6, 6.07) is 7.63. The molecule has 1 aromatic rings. The fourth-order valence-corrected chi connectivity index (χ4v) is 1.77. The van der Waals surface area contributed by atoms with Gasteiger partial charge in [-0.1, -0.05) is 28.1 Å². The van der Waals surface area contributed by atoms with E-state index in [4.69, 9.17) is 4.74 Å². The summed E-state index contributed by atoms with van der Waals surface area (Å²) >= 11 is 3.34. The molecule has 4 nitrogen and oxygen atoms in total. The van der Waals surface area contributed by atoms with E-state index in [9.17, 15) is 9.90 Å². The fourth-order valence-electron chi connectivity index (χ4n) is 1.50. The molecule has 18 heavy (non-hydrogen) atoms. The second-order valence-electron chi connectivity index (χ2n) is 4.05. The molecule has 0 saturated carbocycles. The number of aliphatic hydroxyl groups excluding tert-OH is 1. The van der Waals surface area contributed by atoms with E-state index in [2.05, 4.69) is 21.2 Å². The minimum Gasteiger partial charge on any atom is -0.391 e. The number of amides is 1. The molecule has 1 rings (SSSR count). The molecule has 0 saturated heterocycles. The van der Waals surface area contributed by atoms with Crippen molar-refractivity contribution in [1.29, 1.82) is 0 Å². The van der Waals surface area contributed by atoms with E-state index in [0.717, 1.165) is 10.0 Å². The number of rotatable bonds is 7. The van der Waals surface area contributed by atoms with E-state index in [1.165, 1.54) is 7.11 Å². The van der Waals surface area contributed by atoms with Gasteiger partial charge in [-0.25, -0.2) is 0 Å². The zero-order valence-electron chi connectivity index (χ0n) is 10.4. The van der Waals surface area contributed by atoms with E-state index in [-0.39, 0.29) is 5.91 Å². The van der Waals surface area contributed by atoms with Gasteiger partial charge >= 0.3 is 0 Å². The van der Waals surface area contributed by atoms with E-state index >= 15 is 0 Å². The molecular formula is C13H18BrNO3. The Labute approximate surface area is 115 Å². The van der Waals surface area contributed by atoms with Crippen LogP contribution in [0.25, 0.3) is 0 Å². The number of hydrogen-bond acceptors (Lipinski definition) is 3. The number of nitrogens with one attached hydrogen (secondary N) is 1. The third-order valence-electron chi connectivity index (χ3n) is 2.44. The van der Waals surface area contributed by atoms with Crippen molar-refractivity contribution < 1.29 is 14.6 Å². The van der Waals surface area contributed by atoms with Gasteiger partial charge in [0.2, 0.25) is 5.91 Å². The summed E-state index contributed by atoms with van der Waals surface area (Å²) in [4.78, 5) is 11.6. The Morgan fingerprint density at radius 2 is 2.11 bits per heavy atom. The van der Waals surface area contributed by atoms with Crippen LogP contribution in [0, 0.1) is 0 Å². The molecule has 2 N–H and O–H groups in total. The molecule has 0 radical (unpaired) electrons. The lowest BCUT2D eigenvalue weighted by Crippen LogP contribution is -2.29. The molecule has 1 unspecified atom stereocenters. The topological polar surface area (TPSA) is 58.6 Å². The molecule has 1 aromatic carbocycles. The Bertz CT molecular complexity index is 367. The summed E-state index contributed by atoms with van der Waals surface area (Å²) in [6.45, 7) is 0.752. The largest absolute Gasteiger partial charge is 0.391 e. The number of hydrogen-bond donors (Lipinski definition) is 2. The number of carbonyl (C=O) groups excluding carboxylic acids is 1. The van der Waals surface area contributed by atoms with Crippen LogP contribution in [0.3, 0.4) is 0 Å². The van der Waals surface area contributed by atoms with Crippen LogP contribution in [-0.4, -0.2) is 37.4 Å². The van der Waals surface area contributed by atoms with Crippen molar-refractivity contribution in [3.05, 3.63) is 34.3 Å². The Hall–Kier alpha value is -0.910. The smallest absolute Gasteiger partial charge is 0.224 e. The lowest BCUT2D eigenvalue weighted by molar-refractivity contribution is -0.120. The van der Waals surface area contributed by atoms with Gasteiger partial charge < -0.3 is 15.2 Å². The van der Waals surface area contributed by atoms with Gasteiger partial charge in [-0.3, -0.25) is 4.79 Å². The Morgan fingerprint density at radius 3 is 2.72 bits per heavy atom. The summed E-state index contributed by atoms with van der Waals surface area (Å²) in [6.07, 6.45) is 0.330. The minimum absolute atomic E-state index is 0.0399. The van der Waals surface area contributed by atoms with Crippen molar-refractivity contribution in [1.82, 2.24) is 5.32 Å². The first kappa shape index (κ1) is 15.1. The lowest BCUT2D eigenvalue weighted by Gasteiger charge is -2.10. The maximum Gasteiger partial charge on any atom is 0.224 e. The predicted molar refractivity (Wildman–Crippen MR) is 73.4 cm³/mol. The van der Waals surface area contributed by atoms with Gasteiger partial charge in [0.25, 0.3) is 0 Å². The molecule has 0 spiro atoms. The molecule has 0 fully saturated rings. The second-order valence-corrected chi connectivity index (χ2v) is 4.97. The summed E-state index contributed by atoms with van der Waals surface area (Å²) in [7, 11) is 1.54. The fraction of sp³-hybridized carbons (Fsp3) is 0.462. The van der Waals surface area contributed by atoms with Crippen LogP contribution >= 0.6 is 15.9 Å². The second kappa shape index (κ2) is 8.24. The van der Waals surface area contributed by atoms with Crippen LogP contribution < -0.4 is 5.32 Å². The first-order valence-electron chi connectivity index (χ1n) is 5.80. The third-order valence-corrected chi connectivity index (χ3v) is 2.97. The number of ether oxygens (including phenoxy) is 1. The van der Waals surface area contributed by atoms with E-state index in [1.54, 1.807) is 0 Å². The SMILES string of the molecule is COCC(O)CCNC(=O)Cc1ccc(Br)cc1. The maximum absolute atomic E-state index is 11.6. The van der Waals surface area contributed by atoms with Crippen LogP contribution in [0.5, 0.6) is 0 Å². The van der Waals surface area contributed by atoms with Gasteiger partial charge in [-0.05, 0) is 24.1 Å². The van der Waals surface area contributed by atoms with Gasteiger partial charge in [0.05, 0.1) is 19.1 Å². The normalized spacial score (nSPS) is 12.2. The van der Waals surface area contributed by atoms with Crippen LogP contribution in [0.1, 0.15) is 12.0 Å². The molecular weight excluding hydrogens is 298 g/mol. The number of aliphatic hydroxyl groups is 1. The number of carbonyl (C=O) groups is 1. The summed E-state index contributed by atoms with van der Waals surface area (Å²) in [5.41, 5.74) is 0.966. The molecule has 0 aliphatic rings. The van der Waals surface area contributed by atoms with Crippen molar-refractivity contribution in [3.63, 3.8) is 0 Å². The van der Waals surface area contributed by atoms with E-state index in [0.29, 0.717) is 26.0 Å². The van der Waals surface area contributed by atoms with Crippen molar-refractivity contribution in [2.24, 2.45) is 0 Å². The van der Waals surface area contributed by atoms with Crippen LogP contribution in [0.2, 0.25) is 0 Å². The molecule has 100 valence electrons.